The second kappa shape index (κ2) is 6.84. The molecule has 0 spiro atoms. The zero-order chi connectivity index (χ0) is 16.0. The lowest BCUT2D eigenvalue weighted by Crippen LogP contribution is -2.11. The van der Waals surface area contributed by atoms with Crippen LogP contribution in [0.2, 0.25) is 0 Å². The van der Waals surface area contributed by atoms with E-state index < -0.39 is 11.4 Å². The van der Waals surface area contributed by atoms with Crippen molar-refractivity contribution in [3.63, 3.8) is 0 Å². The number of rotatable bonds is 7. The monoisotopic (exact) mass is 292 g/mol. The Labute approximate surface area is 124 Å². The SMILES string of the molecule is COc1cc(N)c(C(=O)O)cc1OCCCC(C)(C)C#N. The summed E-state index contributed by atoms with van der Waals surface area (Å²) < 4.78 is 10.7. The van der Waals surface area contributed by atoms with E-state index in [1.54, 1.807) is 0 Å². The van der Waals surface area contributed by atoms with Gasteiger partial charge in [-0.25, -0.2) is 4.79 Å². The summed E-state index contributed by atoms with van der Waals surface area (Å²) in [4.78, 5) is 11.1. The molecule has 0 aliphatic heterocycles. The number of carboxylic acids is 1. The predicted molar refractivity (Wildman–Crippen MR) is 78.5 cm³/mol. The molecule has 0 heterocycles. The molecule has 0 bridgehead atoms. The average Bonchev–Trinajstić information content (AvgIpc) is 2.44. The van der Waals surface area contributed by atoms with Crippen molar-refractivity contribution in [2.24, 2.45) is 5.41 Å². The Kier molecular flexibility index (Phi) is 5.42. The minimum Gasteiger partial charge on any atom is -0.493 e. The van der Waals surface area contributed by atoms with Gasteiger partial charge in [-0.05, 0) is 26.7 Å². The maximum absolute atomic E-state index is 11.1. The standard InChI is InChI=1S/C15H20N2O4/c1-15(2,9-16)5-4-6-21-13-7-10(14(18)19)11(17)8-12(13)20-3/h7-8H,4-6,17H2,1-3H3,(H,18,19). The van der Waals surface area contributed by atoms with E-state index in [0.29, 0.717) is 30.9 Å². The molecular formula is C15H20N2O4. The van der Waals surface area contributed by atoms with Gasteiger partial charge in [0.25, 0.3) is 0 Å². The molecule has 0 saturated carbocycles. The molecule has 1 aromatic rings. The fourth-order valence-electron chi connectivity index (χ4n) is 1.79. The van der Waals surface area contributed by atoms with Crippen LogP contribution < -0.4 is 15.2 Å². The van der Waals surface area contributed by atoms with Crippen LogP contribution in [0.25, 0.3) is 0 Å². The number of ether oxygens (including phenoxy) is 2. The molecule has 0 amide bonds. The van der Waals surface area contributed by atoms with Crippen molar-refractivity contribution in [3.05, 3.63) is 17.7 Å². The largest absolute Gasteiger partial charge is 0.493 e. The van der Waals surface area contributed by atoms with Crippen LogP contribution >= 0.6 is 0 Å². The third kappa shape index (κ3) is 4.56. The fraction of sp³-hybridized carbons (Fsp3) is 0.467. The van der Waals surface area contributed by atoms with Crippen LogP contribution in [-0.4, -0.2) is 24.8 Å². The summed E-state index contributed by atoms with van der Waals surface area (Å²) in [6.45, 7) is 4.09. The topological polar surface area (TPSA) is 106 Å². The number of nitrogens with zero attached hydrogens (tertiary/aromatic N) is 1. The molecule has 1 aromatic carbocycles. The molecule has 0 atom stereocenters. The van der Waals surface area contributed by atoms with Crippen LogP contribution in [0.1, 0.15) is 37.0 Å². The van der Waals surface area contributed by atoms with Gasteiger partial charge in [0.2, 0.25) is 0 Å². The van der Waals surface area contributed by atoms with Gasteiger partial charge in [-0.1, -0.05) is 0 Å². The minimum absolute atomic E-state index is 0.0249. The number of anilines is 1. The summed E-state index contributed by atoms with van der Waals surface area (Å²) in [7, 11) is 1.46. The molecule has 0 aliphatic rings. The van der Waals surface area contributed by atoms with E-state index in [4.69, 9.17) is 25.6 Å². The highest BCUT2D eigenvalue weighted by Gasteiger charge is 2.17. The van der Waals surface area contributed by atoms with Gasteiger partial charge >= 0.3 is 5.97 Å². The second-order valence-electron chi connectivity index (χ2n) is 5.34. The highest BCUT2D eigenvalue weighted by Crippen LogP contribution is 2.32. The maximum atomic E-state index is 11.1. The Morgan fingerprint density at radius 3 is 2.62 bits per heavy atom. The maximum Gasteiger partial charge on any atom is 0.337 e. The van der Waals surface area contributed by atoms with Crippen LogP contribution in [0, 0.1) is 16.7 Å². The zero-order valence-corrected chi connectivity index (χ0v) is 12.5. The van der Waals surface area contributed by atoms with E-state index in [2.05, 4.69) is 6.07 Å². The van der Waals surface area contributed by atoms with Crippen molar-refractivity contribution in [2.45, 2.75) is 26.7 Å². The molecule has 6 nitrogen and oxygen atoms in total. The normalized spacial score (nSPS) is 10.8. The molecule has 1 rings (SSSR count). The fourth-order valence-corrected chi connectivity index (χ4v) is 1.79. The van der Waals surface area contributed by atoms with Crippen molar-refractivity contribution < 1.29 is 19.4 Å². The van der Waals surface area contributed by atoms with Gasteiger partial charge in [0, 0.05) is 12.1 Å². The number of hydrogen-bond donors (Lipinski definition) is 2. The molecule has 0 aliphatic carbocycles. The Hall–Kier alpha value is -2.42. The molecule has 0 fully saturated rings. The summed E-state index contributed by atoms with van der Waals surface area (Å²) in [5.74, 6) is -0.401. The molecule has 0 aromatic heterocycles. The zero-order valence-electron chi connectivity index (χ0n) is 12.5. The molecule has 0 radical (unpaired) electrons. The number of carbonyl (C=O) groups is 1. The number of methoxy groups -OCH3 is 1. The van der Waals surface area contributed by atoms with Crippen LogP contribution in [-0.2, 0) is 0 Å². The third-order valence-corrected chi connectivity index (χ3v) is 3.07. The average molecular weight is 292 g/mol. The highest BCUT2D eigenvalue weighted by atomic mass is 16.5. The quantitative estimate of drug-likeness (QED) is 0.591. The van der Waals surface area contributed by atoms with Crippen LogP contribution in [0.15, 0.2) is 12.1 Å². The van der Waals surface area contributed by atoms with Gasteiger partial charge in [-0.15, -0.1) is 0 Å². The Morgan fingerprint density at radius 1 is 1.43 bits per heavy atom. The molecular weight excluding hydrogens is 272 g/mol. The lowest BCUT2D eigenvalue weighted by molar-refractivity contribution is 0.0697. The summed E-state index contributed by atoms with van der Waals surface area (Å²) in [6.07, 6.45) is 1.36. The first-order chi connectivity index (χ1) is 9.80. The summed E-state index contributed by atoms with van der Waals surface area (Å²) >= 11 is 0. The van der Waals surface area contributed by atoms with Crippen molar-refractivity contribution >= 4 is 11.7 Å². The number of nitrogens with two attached hydrogens (primary N) is 1. The number of hydrogen-bond acceptors (Lipinski definition) is 5. The van der Waals surface area contributed by atoms with Crippen LogP contribution in [0.4, 0.5) is 5.69 Å². The van der Waals surface area contributed by atoms with E-state index in [-0.39, 0.29) is 11.3 Å². The first-order valence-corrected chi connectivity index (χ1v) is 6.55. The lowest BCUT2D eigenvalue weighted by atomic mass is 9.90. The molecule has 6 heteroatoms. The van der Waals surface area contributed by atoms with Crippen LogP contribution in [0.3, 0.4) is 0 Å². The van der Waals surface area contributed by atoms with Gasteiger partial charge in [-0.2, -0.15) is 5.26 Å². The van der Waals surface area contributed by atoms with Crippen molar-refractivity contribution in [3.8, 4) is 17.6 Å². The first kappa shape index (κ1) is 16.6. The van der Waals surface area contributed by atoms with E-state index in [1.807, 2.05) is 13.8 Å². The molecule has 114 valence electrons. The summed E-state index contributed by atoms with van der Waals surface area (Å²) in [5.41, 5.74) is 5.34. The molecule has 3 N–H and O–H groups in total. The van der Waals surface area contributed by atoms with E-state index in [9.17, 15) is 4.79 Å². The van der Waals surface area contributed by atoms with Gasteiger partial charge in [0.15, 0.2) is 11.5 Å². The van der Waals surface area contributed by atoms with Crippen molar-refractivity contribution in [1.82, 2.24) is 0 Å². The van der Waals surface area contributed by atoms with Gasteiger partial charge < -0.3 is 20.3 Å². The van der Waals surface area contributed by atoms with Crippen LogP contribution in [0.5, 0.6) is 11.5 Å². The third-order valence-electron chi connectivity index (χ3n) is 3.07. The van der Waals surface area contributed by atoms with E-state index >= 15 is 0 Å². The number of benzene rings is 1. The van der Waals surface area contributed by atoms with Crippen molar-refractivity contribution in [1.29, 1.82) is 5.26 Å². The highest BCUT2D eigenvalue weighted by molar-refractivity contribution is 5.94. The number of nitrogen functional groups attached to an aromatic ring is 1. The summed E-state index contributed by atoms with van der Waals surface area (Å²) in [5, 5.41) is 18.0. The Balaban J connectivity index is 2.76. The van der Waals surface area contributed by atoms with Crippen molar-refractivity contribution in [2.75, 3.05) is 19.5 Å². The number of nitriles is 1. The second-order valence-corrected chi connectivity index (χ2v) is 5.34. The number of carboxylic acid groups (broad SMARTS) is 1. The number of aromatic carboxylic acids is 1. The smallest absolute Gasteiger partial charge is 0.337 e. The molecule has 0 saturated heterocycles. The first-order valence-electron chi connectivity index (χ1n) is 6.55. The van der Waals surface area contributed by atoms with Gasteiger partial charge in [0.1, 0.15) is 0 Å². The Bertz CT molecular complexity index is 562. The molecule has 0 unspecified atom stereocenters. The van der Waals surface area contributed by atoms with Gasteiger partial charge in [0.05, 0.1) is 36.5 Å². The predicted octanol–water partition coefficient (Wildman–Crippen LogP) is 2.68. The minimum atomic E-state index is -1.12. The lowest BCUT2D eigenvalue weighted by Gasteiger charge is -2.16. The molecule has 21 heavy (non-hydrogen) atoms. The van der Waals surface area contributed by atoms with E-state index in [0.717, 1.165) is 0 Å². The van der Waals surface area contributed by atoms with Gasteiger partial charge in [-0.3, -0.25) is 0 Å². The Morgan fingerprint density at radius 2 is 2.10 bits per heavy atom. The summed E-state index contributed by atoms with van der Waals surface area (Å²) in [6, 6.07) is 5.00. The van der Waals surface area contributed by atoms with E-state index in [1.165, 1.54) is 19.2 Å².